The third kappa shape index (κ3) is 6.13. The number of fused-ring (bicyclic) bond motifs is 2. The second-order valence-corrected chi connectivity index (χ2v) is 9.81. The van der Waals surface area contributed by atoms with Crippen molar-refractivity contribution in [2.75, 3.05) is 32.8 Å². The monoisotopic (exact) mass is 417 g/mol. The standard InChI is InChI=1S/C25H39NO4/c1-5-6-7-8-17-28-20-9-10-22-21(18-20)25(19-29-22)12-15-26(16-13-25)14-11-23(27)30-24(2,3)4/h9-10,18H,5-8,11-17,19H2,1-4H3. The number of carbonyl (C=O) groups is 1. The van der Waals surface area contributed by atoms with Crippen molar-refractivity contribution in [3.8, 4) is 11.5 Å². The molecule has 1 fully saturated rings. The van der Waals surface area contributed by atoms with Crippen LogP contribution in [0.25, 0.3) is 0 Å². The van der Waals surface area contributed by atoms with Gasteiger partial charge in [-0.15, -0.1) is 0 Å². The number of unbranched alkanes of at least 4 members (excludes halogenated alkanes) is 3. The first-order chi connectivity index (χ1) is 14.3. The summed E-state index contributed by atoms with van der Waals surface area (Å²) in [4.78, 5) is 14.4. The molecule has 30 heavy (non-hydrogen) atoms. The van der Waals surface area contributed by atoms with E-state index in [-0.39, 0.29) is 11.4 Å². The Balaban J connectivity index is 1.51. The molecule has 1 spiro atoms. The van der Waals surface area contributed by atoms with Crippen molar-refractivity contribution in [3.05, 3.63) is 23.8 Å². The van der Waals surface area contributed by atoms with Crippen LogP contribution in [0.15, 0.2) is 18.2 Å². The van der Waals surface area contributed by atoms with Gasteiger partial charge in [-0.2, -0.15) is 0 Å². The van der Waals surface area contributed by atoms with Crippen molar-refractivity contribution >= 4 is 5.97 Å². The zero-order valence-corrected chi connectivity index (χ0v) is 19.3. The SMILES string of the molecule is CCCCCCOc1ccc2c(c1)C1(CCN(CCC(=O)OC(C)(C)C)CC1)CO2. The van der Waals surface area contributed by atoms with E-state index in [0.29, 0.717) is 6.42 Å². The molecule has 0 unspecified atom stereocenters. The summed E-state index contributed by atoms with van der Waals surface area (Å²) in [6.45, 7) is 12.2. The summed E-state index contributed by atoms with van der Waals surface area (Å²) in [5.74, 6) is 1.86. The van der Waals surface area contributed by atoms with Crippen molar-refractivity contribution < 1.29 is 19.0 Å². The van der Waals surface area contributed by atoms with Crippen LogP contribution < -0.4 is 9.47 Å². The molecule has 3 rings (SSSR count). The molecular weight excluding hydrogens is 378 g/mol. The first kappa shape index (κ1) is 22.9. The van der Waals surface area contributed by atoms with Gasteiger partial charge in [-0.3, -0.25) is 4.79 Å². The lowest BCUT2D eigenvalue weighted by Crippen LogP contribution is -2.44. The minimum absolute atomic E-state index is 0.0827. The third-order valence-corrected chi connectivity index (χ3v) is 6.16. The maximum absolute atomic E-state index is 12.0. The molecule has 2 aliphatic rings. The number of carbonyl (C=O) groups excluding carboxylic acids is 1. The normalized spacial score (nSPS) is 18.1. The maximum atomic E-state index is 12.0. The first-order valence-corrected chi connectivity index (χ1v) is 11.7. The quantitative estimate of drug-likeness (QED) is 0.413. The lowest BCUT2D eigenvalue weighted by molar-refractivity contribution is -0.155. The van der Waals surface area contributed by atoms with E-state index >= 15 is 0 Å². The molecule has 0 aromatic heterocycles. The third-order valence-electron chi connectivity index (χ3n) is 6.16. The van der Waals surface area contributed by atoms with Gasteiger partial charge in [0, 0.05) is 17.5 Å². The first-order valence-electron chi connectivity index (χ1n) is 11.7. The summed E-state index contributed by atoms with van der Waals surface area (Å²) in [7, 11) is 0. The van der Waals surface area contributed by atoms with E-state index in [0.717, 1.165) is 63.6 Å². The Bertz CT molecular complexity index is 702. The molecule has 0 N–H and O–H groups in total. The Morgan fingerprint density at radius 2 is 1.93 bits per heavy atom. The maximum Gasteiger partial charge on any atom is 0.307 e. The van der Waals surface area contributed by atoms with Crippen molar-refractivity contribution in [2.45, 2.75) is 83.7 Å². The van der Waals surface area contributed by atoms with E-state index in [1.807, 2.05) is 26.8 Å². The van der Waals surface area contributed by atoms with Crippen LogP contribution in [0.2, 0.25) is 0 Å². The van der Waals surface area contributed by atoms with Crippen molar-refractivity contribution in [1.29, 1.82) is 0 Å². The van der Waals surface area contributed by atoms with E-state index in [1.165, 1.54) is 24.8 Å². The number of hydrogen-bond donors (Lipinski definition) is 0. The van der Waals surface area contributed by atoms with Crippen LogP contribution in [-0.4, -0.2) is 49.3 Å². The number of likely N-dealkylation sites (tertiary alicyclic amines) is 1. The lowest BCUT2D eigenvalue weighted by atomic mass is 9.74. The van der Waals surface area contributed by atoms with Crippen LogP contribution >= 0.6 is 0 Å². The average Bonchev–Trinajstić information content (AvgIpc) is 3.04. The highest BCUT2D eigenvalue weighted by molar-refractivity contribution is 5.70. The highest BCUT2D eigenvalue weighted by Crippen LogP contribution is 2.46. The number of rotatable bonds is 9. The van der Waals surface area contributed by atoms with Gasteiger partial charge in [0.25, 0.3) is 0 Å². The Hall–Kier alpha value is -1.75. The predicted molar refractivity (Wildman–Crippen MR) is 119 cm³/mol. The summed E-state index contributed by atoms with van der Waals surface area (Å²) in [6.07, 6.45) is 7.41. The molecule has 168 valence electrons. The second kappa shape index (κ2) is 10.0. The molecule has 0 radical (unpaired) electrons. The fourth-order valence-corrected chi connectivity index (χ4v) is 4.41. The van der Waals surface area contributed by atoms with Crippen molar-refractivity contribution in [1.82, 2.24) is 4.90 Å². The molecule has 0 bridgehead atoms. The minimum atomic E-state index is -0.413. The van der Waals surface area contributed by atoms with Gasteiger partial charge in [0.2, 0.25) is 0 Å². The van der Waals surface area contributed by atoms with Crippen LogP contribution in [0.4, 0.5) is 0 Å². The second-order valence-electron chi connectivity index (χ2n) is 9.81. The Kier molecular flexibility index (Phi) is 7.67. The molecule has 1 aromatic carbocycles. The average molecular weight is 418 g/mol. The van der Waals surface area contributed by atoms with E-state index in [4.69, 9.17) is 14.2 Å². The number of esters is 1. The molecule has 1 aromatic rings. The molecule has 0 amide bonds. The Morgan fingerprint density at radius 3 is 2.63 bits per heavy atom. The molecule has 5 nitrogen and oxygen atoms in total. The molecule has 2 heterocycles. The van der Waals surface area contributed by atoms with Gasteiger partial charge in [0.1, 0.15) is 17.1 Å². The smallest absolute Gasteiger partial charge is 0.307 e. The molecule has 5 heteroatoms. The molecule has 0 aliphatic carbocycles. The number of benzene rings is 1. The van der Waals surface area contributed by atoms with Gasteiger partial charge >= 0.3 is 5.97 Å². The van der Waals surface area contributed by atoms with Gasteiger partial charge in [-0.1, -0.05) is 26.2 Å². The van der Waals surface area contributed by atoms with Crippen LogP contribution in [0, 0.1) is 0 Å². The van der Waals surface area contributed by atoms with Crippen LogP contribution in [0.3, 0.4) is 0 Å². The Labute approximate surface area is 182 Å². The molecule has 0 atom stereocenters. The molecule has 0 saturated carbocycles. The van der Waals surface area contributed by atoms with Crippen LogP contribution in [0.1, 0.15) is 78.2 Å². The van der Waals surface area contributed by atoms with Gasteiger partial charge in [-0.25, -0.2) is 0 Å². The summed E-state index contributed by atoms with van der Waals surface area (Å²) >= 11 is 0. The van der Waals surface area contributed by atoms with E-state index < -0.39 is 5.60 Å². The lowest BCUT2D eigenvalue weighted by Gasteiger charge is -2.38. The fourth-order valence-electron chi connectivity index (χ4n) is 4.41. The van der Waals surface area contributed by atoms with E-state index in [9.17, 15) is 4.79 Å². The molecular formula is C25H39NO4. The molecule has 2 aliphatic heterocycles. The fraction of sp³-hybridized carbons (Fsp3) is 0.720. The Morgan fingerprint density at radius 1 is 1.17 bits per heavy atom. The minimum Gasteiger partial charge on any atom is -0.494 e. The van der Waals surface area contributed by atoms with Crippen molar-refractivity contribution in [3.63, 3.8) is 0 Å². The van der Waals surface area contributed by atoms with E-state index in [1.54, 1.807) is 0 Å². The summed E-state index contributed by atoms with van der Waals surface area (Å²) in [5.41, 5.74) is 0.976. The summed E-state index contributed by atoms with van der Waals surface area (Å²) in [6, 6.07) is 6.31. The van der Waals surface area contributed by atoms with Crippen LogP contribution in [-0.2, 0) is 14.9 Å². The topological polar surface area (TPSA) is 48.0 Å². The number of hydrogen-bond acceptors (Lipinski definition) is 5. The number of ether oxygens (including phenoxy) is 3. The van der Waals surface area contributed by atoms with Crippen molar-refractivity contribution in [2.24, 2.45) is 0 Å². The zero-order chi connectivity index (χ0) is 21.6. The zero-order valence-electron chi connectivity index (χ0n) is 19.3. The van der Waals surface area contributed by atoms with E-state index in [2.05, 4.69) is 24.0 Å². The predicted octanol–water partition coefficient (Wildman–Crippen LogP) is 5.10. The van der Waals surface area contributed by atoms with Gasteiger partial charge in [0.05, 0.1) is 19.6 Å². The highest BCUT2D eigenvalue weighted by Gasteiger charge is 2.43. The summed E-state index contributed by atoms with van der Waals surface area (Å²) in [5, 5.41) is 0. The van der Waals surface area contributed by atoms with Gasteiger partial charge < -0.3 is 19.1 Å². The van der Waals surface area contributed by atoms with Gasteiger partial charge in [0.15, 0.2) is 0 Å². The molecule has 1 saturated heterocycles. The number of nitrogens with zero attached hydrogens (tertiary/aromatic N) is 1. The highest BCUT2D eigenvalue weighted by atomic mass is 16.6. The van der Waals surface area contributed by atoms with Crippen LogP contribution in [0.5, 0.6) is 11.5 Å². The largest absolute Gasteiger partial charge is 0.494 e. The summed E-state index contributed by atoms with van der Waals surface area (Å²) < 4.78 is 17.5. The number of piperidine rings is 1. The van der Waals surface area contributed by atoms with Gasteiger partial charge in [-0.05, 0) is 71.3 Å².